The molecule has 0 radical (unpaired) electrons. The maximum Gasteiger partial charge on any atom is 0.319 e. The van der Waals surface area contributed by atoms with E-state index in [1.54, 1.807) is 0 Å². The molecule has 0 spiro atoms. The van der Waals surface area contributed by atoms with Crippen molar-refractivity contribution in [2.45, 2.75) is 45.1 Å². The minimum atomic E-state index is -0.195. The Morgan fingerprint density at radius 2 is 1.96 bits per heavy atom. The topological polar surface area (TPSA) is 66.5 Å². The Labute approximate surface area is 137 Å². The number of rotatable bonds is 3. The second-order valence-corrected chi connectivity index (χ2v) is 6.75. The van der Waals surface area contributed by atoms with Crippen LogP contribution < -0.4 is 15.5 Å². The van der Waals surface area contributed by atoms with Gasteiger partial charge in [0.15, 0.2) is 0 Å². The first-order valence-corrected chi connectivity index (χ1v) is 8.45. The molecule has 23 heavy (non-hydrogen) atoms. The van der Waals surface area contributed by atoms with Crippen molar-refractivity contribution in [3.63, 3.8) is 0 Å². The molecule has 6 heteroatoms. The Hall–Kier alpha value is -1.82. The summed E-state index contributed by atoms with van der Waals surface area (Å²) in [7, 11) is 0. The van der Waals surface area contributed by atoms with Crippen molar-refractivity contribution in [1.29, 1.82) is 0 Å². The lowest BCUT2D eigenvalue weighted by atomic mass is 9.93. The average molecular weight is 318 g/mol. The zero-order chi connectivity index (χ0) is 16.3. The zero-order valence-electron chi connectivity index (χ0n) is 14.0. The van der Waals surface area contributed by atoms with Crippen LogP contribution in [-0.2, 0) is 4.74 Å². The molecule has 2 N–H and O–H groups in total. The first-order valence-electron chi connectivity index (χ1n) is 8.45. The molecule has 2 aliphatic heterocycles. The smallest absolute Gasteiger partial charge is 0.319 e. The van der Waals surface area contributed by atoms with Crippen LogP contribution in [0.1, 0.15) is 38.3 Å². The zero-order valence-corrected chi connectivity index (χ0v) is 14.0. The molecule has 0 atom stereocenters. The average Bonchev–Trinajstić information content (AvgIpc) is 3.04. The number of anilines is 2. The third kappa shape index (κ3) is 3.93. The first kappa shape index (κ1) is 16.1. The van der Waals surface area contributed by atoms with Crippen LogP contribution in [-0.4, -0.2) is 42.9 Å². The number of nitrogens with one attached hydrogen (secondary N) is 2. The minimum absolute atomic E-state index is 0.173. The van der Waals surface area contributed by atoms with Gasteiger partial charge in [0, 0.05) is 31.8 Å². The summed E-state index contributed by atoms with van der Waals surface area (Å²) in [6.07, 6.45) is 4.13. The van der Waals surface area contributed by atoms with Crippen molar-refractivity contribution >= 4 is 17.5 Å². The van der Waals surface area contributed by atoms with Crippen molar-refractivity contribution in [3.8, 4) is 0 Å². The molecule has 2 saturated heterocycles. The lowest BCUT2D eigenvalue weighted by molar-refractivity contribution is 0.0499. The number of ether oxygens (including phenoxy) is 1. The predicted molar refractivity (Wildman–Crippen MR) is 91.0 cm³/mol. The molecule has 0 aliphatic carbocycles. The molecule has 3 heterocycles. The Kier molecular flexibility index (Phi) is 4.71. The maximum atomic E-state index is 12.3. The molecule has 6 nitrogen and oxygen atoms in total. The molecule has 0 unspecified atom stereocenters. The van der Waals surface area contributed by atoms with Crippen molar-refractivity contribution < 1.29 is 9.53 Å². The van der Waals surface area contributed by atoms with Gasteiger partial charge in [0.2, 0.25) is 0 Å². The fraction of sp³-hybridized carbons (Fsp3) is 0.647. The molecule has 0 aromatic carbocycles. The van der Waals surface area contributed by atoms with E-state index in [2.05, 4.69) is 27.4 Å². The van der Waals surface area contributed by atoms with Gasteiger partial charge in [0.25, 0.3) is 0 Å². The molecule has 3 rings (SSSR count). The molecule has 2 amide bonds. The minimum Gasteiger partial charge on any atom is -0.381 e. The molecule has 1 aromatic heterocycles. The van der Waals surface area contributed by atoms with Gasteiger partial charge in [-0.05, 0) is 51.7 Å². The summed E-state index contributed by atoms with van der Waals surface area (Å²) in [5.41, 5.74) is 1.42. The Morgan fingerprint density at radius 3 is 2.61 bits per heavy atom. The SMILES string of the molecule is Cc1nc(N2CCCC2)ccc1NC(=O)NC1(C)CCOCC1. The van der Waals surface area contributed by atoms with Crippen LogP contribution in [0.4, 0.5) is 16.3 Å². The highest BCUT2D eigenvalue weighted by molar-refractivity contribution is 5.90. The van der Waals surface area contributed by atoms with Gasteiger partial charge in [-0.1, -0.05) is 0 Å². The number of carbonyl (C=O) groups is 1. The summed E-state index contributed by atoms with van der Waals surface area (Å²) in [6.45, 7) is 7.53. The van der Waals surface area contributed by atoms with Gasteiger partial charge in [-0.2, -0.15) is 0 Å². The predicted octanol–water partition coefficient (Wildman–Crippen LogP) is 2.68. The number of hydrogen-bond donors (Lipinski definition) is 2. The fourth-order valence-corrected chi connectivity index (χ4v) is 3.18. The molecule has 2 fully saturated rings. The van der Waals surface area contributed by atoms with Crippen LogP contribution in [0.25, 0.3) is 0 Å². The summed E-state index contributed by atoms with van der Waals surface area (Å²) in [5, 5.41) is 6.00. The number of nitrogens with zero attached hydrogens (tertiary/aromatic N) is 2. The van der Waals surface area contributed by atoms with Gasteiger partial charge in [-0.25, -0.2) is 9.78 Å². The standard InChI is InChI=1S/C17H26N4O2/c1-13-14(5-6-15(18-13)21-9-3-4-10-21)19-16(22)20-17(2)7-11-23-12-8-17/h5-6H,3-4,7-12H2,1-2H3,(H2,19,20,22). The van der Waals surface area contributed by atoms with Gasteiger partial charge in [0.1, 0.15) is 5.82 Å². The highest BCUT2D eigenvalue weighted by atomic mass is 16.5. The Morgan fingerprint density at radius 1 is 1.26 bits per heavy atom. The molecule has 0 bridgehead atoms. The second-order valence-electron chi connectivity index (χ2n) is 6.75. The summed E-state index contributed by atoms with van der Waals surface area (Å²) < 4.78 is 5.36. The number of hydrogen-bond acceptors (Lipinski definition) is 4. The van der Waals surface area contributed by atoms with Crippen molar-refractivity contribution in [1.82, 2.24) is 10.3 Å². The Bertz CT molecular complexity index is 564. The molecule has 2 aliphatic rings. The summed E-state index contributed by atoms with van der Waals surface area (Å²) in [6, 6.07) is 3.76. The normalized spacial score (nSPS) is 20.3. The molecule has 126 valence electrons. The fourth-order valence-electron chi connectivity index (χ4n) is 3.18. The van der Waals surface area contributed by atoms with Crippen molar-refractivity contribution in [3.05, 3.63) is 17.8 Å². The molecule has 1 aromatic rings. The van der Waals surface area contributed by atoms with E-state index in [1.807, 2.05) is 19.1 Å². The lowest BCUT2D eigenvalue weighted by Gasteiger charge is -2.34. The monoisotopic (exact) mass is 318 g/mol. The van der Waals surface area contributed by atoms with Crippen LogP contribution in [0, 0.1) is 6.92 Å². The highest BCUT2D eigenvalue weighted by Gasteiger charge is 2.29. The molecular formula is C17H26N4O2. The third-order valence-corrected chi connectivity index (χ3v) is 4.76. The first-order chi connectivity index (χ1) is 11.1. The van der Waals surface area contributed by atoms with E-state index in [0.29, 0.717) is 13.2 Å². The van der Waals surface area contributed by atoms with Gasteiger partial charge in [0.05, 0.1) is 11.4 Å². The number of pyridine rings is 1. The van der Waals surface area contributed by atoms with E-state index in [-0.39, 0.29) is 11.6 Å². The highest BCUT2D eigenvalue weighted by Crippen LogP contribution is 2.23. The van der Waals surface area contributed by atoms with Crippen LogP contribution >= 0.6 is 0 Å². The van der Waals surface area contributed by atoms with E-state index in [0.717, 1.165) is 43.1 Å². The van der Waals surface area contributed by atoms with Gasteiger partial charge >= 0.3 is 6.03 Å². The molecular weight excluding hydrogens is 292 g/mol. The van der Waals surface area contributed by atoms with Crippen molar-refractivity contribution in [2.75, 3.05) is 36.5 Å². The van der Waals surface area contributed by atoms with Crippen LogP contribution in [0.2, 0.25) is 0 Å². The van der Waals surface area contributed by atoms with E-state index in [1.165, 1.54) is 12.8 Å². The second kappa shape index (κ2) is 6.74. The van der Waals surface area contributed by atoms with Crippen LogP contribution in [0.15, 0.2) is 12.1 Å². The largest absolute Gasteiger partial charge is 0.381 e. The number of aromatic nitrogens is 1. The summed E-state index contributed by atoms with van der Waals surface area (Å²) in [4.78, 5) is 19.2. The maximum absolute atomic E-state index is 12.3. The van der Waals surface area contributed by atoms with Crippen molar-refractivity contribution in [2.24, 2.45) is 0 Å². The third-order valence-electron chi connectivity index (χ3n) is 4.76. The van der Waals surface area contributed by atoms with Gasteiger partial charge in [-0.15, -0.1) is 0 Å². The van der Waals surface area contributed by atoms with E-state index in [9.17, 15) is 4.79 Å². The molecule has 0 saturated carbocycles. The number of aryl methyl sites for hydroxylation is 1. The number of carbonyl (C=O) groups excluding carboxylic acids is 1. The Balaban J connectivity index is 1.61. The summed E-state index contributed by atoms with van der Waals surface area (Å²) >= 11 is 0. The van der Waals surface area contributed by atoms with E-state index >= 15 is 0 Å². The van der Waals surface area contributed by atoms with E-state index < -0.39 is 0 Å². The van der Waals surface area contributed by atoms with Gasteiger partial charge < -0.3 is 20.3 Å². The quantitative estimate of drug-likeness (QED) is 0.899. The summed E-state index contributed by atoms with van der Waals surface area (Å²) in [5.74, 6) is 1.00. The van der Waals surface area contributed by atoms with Crippen LogP contribution in [0.5, 0.6) is 0 Å². The van der Waals surface area contributed by atoms with Gasteiger partial charge in [-0.3, -0.25) is 0 Å². The van der Waals surface area contributed by atoms with E-state index in [4.69, 9.17) is 4.74 Å². The number of amides is 2. The number of urea groups is 1. The van der Waals surface area contributed by atoms with Crippen LogP contribution in [0.3, 0.4) is 0 Å². The lowest BCUT2D eigenvalue weighted by Crippen LogP contribution is -2.51.